The molecule has 2 atom stereocenters. The molecule has 0 saturated carbocycles. The largest absolute Gasteiger partial charge is 0.462 e. The van der Waals surface area contributed by atoms with E-state index in [9.17, 15) is 70.2 Å². The summed E-state index contributed by atoms with van der Waals surface area (Å²) < 4.78 is 210. The molecule has 19 heteroatoms. The summed E-state index contributed by atoms with van der Waals surface area (Å²) in [5, 5.41) is 0. The van der Waals surface area contributed by atoms with Gasteiger partial charge in [0.25, 0.3) is 6.36 Å². The molecule has 3 nitrogen and oxygen atoms in total. The first kappa shape index (κ1) is 29.8. The summed E-state index contributed by atoms with van der Waals surface area (Å²) in [5.74, 6) is -15.3. The number of ether oxygens (including phenoxy) is 2. The van der Waals surface area contributed by atoms with E-state index in [4.69, 9.17) is 0 Å². The Bertz CT molecular complexity index is 598. The first-order chi connectivity index (χ1) is 13.4. The maximum Gasteiger partial charge on any atom is 0.462 e. The van der Waals surface area contributed by atoms with E-state index in [-0.39, 0.29) is 4.90 Å². The summed E-state index contributed by atoms with van der Waals surface area (Å²) in [5.41, 5.74) is 0. The molecule has 0 fully saturated rings. The summed E-state index contributed by atoms with van der Waals surface area (Å²) >= 11 is 0. The van der Waals surface area contributed by atoms with Crippen molar-refractivity contribution in [2.75, 3.05) is 13.1 Å². The van der Waals surface area contributed by atoms with Gasteiger partial charge in [-0.1, -0.05) is 13.8 Å². The zero-order chi connectivity index (χ0) is 25.5. The number of hydrogen-bond acceptors (Lipinski definition) is 3. The van der Waals surface area contributed by atoms with Crippen LogP contribution in [0.25, 0.3) is 0 Å². The van der Waals surface area contributed by atoms with Crippen LogP contribution in [0.2, 0.25) is 0 Å². The van der Waals surface area contributed by atoms with Crippen molar-refractivity contribution in [3.05, 3.63) is 0 Å². The molecule has 0 bridgehead atoms. The van der Waals surface area contributed by atoms with Gasteiger partial charge in [0.1, 0.15) is 0 Å². The highest BCUT2D eigenvalue weighted by Gasteiger charge is 2.84. The smallest absolute Gasteiger partial charge is 0.273 e. The van der Waals surface area contributed by atoms with E-state index in [0.29, 0.717) is 0 Å². The molecule has 0 heterocycles. The number of hydrogen-bond donors (Lipinski definition) is 0. The van der Waals surface area contributed by atoms with Crippen LogP contribution in [0.1, 0.15) is 13.8 Å². The summed E-state index contributed by atoms with van der Waals surface area (Å²) in [4.78, 5) is -0.380. The Morgan fingerprint density at radius 2 is 1.03 bits per heavy atom. The third kappa shape index (κ3) is 5.40. The molecule has 0 aromatic heterocycles. The molecular formula is C12H11F16NO2. The van der Waals surface area contributed by atoms with E-state index in [1.807, 2.05) is 0 Å². The third-order valence-corrected chi connectivity index (χ3v) is 3.44. The average Bonchev–Trinajstić information content (AvgIpc) is 2.52. The molecule has 0 N–H and O–H groups in total. The molecule has 0 radical (unpaired) electrons. The van der Waals surface area contributed by atoms with Crippen LogP contribution in [0.3, 0.4) is 0 Å². The lowest BCUT2D eigenvalue weighted by Gasteiger charge is -2.39. The summed E-state index contributed by atoms with van der Waals surface area (Å²) in [7, 11) is 0. The van der Waals surface area contributed by atoms with Gasteiger partial charge >= 0.3 is 42.4 Å². The van der Waals surface area contributed by atoms with Crippen molar-refractivity contribution < 1.29 is 79.7 Å². The van der Waals surface area contributed by atoms with Gasteiger partial charge < -0.3 is 0 Å². The molecule has 0 rings (SSSR count). The van der Waals surface area contributed by atoms with Gasteiger partial charge in [0.15, 0.2) is 0 Å². The molecule has 0 aliphatic carbocycles. The fraction of sp³-hybridized carbons (Fsp3) is 1.00. The Morgan fingerprint density at radius 1 is 0.645 bits per heavy atom. The fourth-order valence-electron chi connectivity index (χ4n) is 1.75. The maximum absolute atomic E-state index is 13.8. The van der Waals surface area contributed by atoms with Crippen LogP contribution < -0.4 is 0 Å². The minimum absolute atomic E-state index is 0.380. The van der Waals surface area contributed by atoms with Crippen molar-refractivity contribution in [3.8, 4) is 0 Å². The highest BCUT2D eigenvalue weighted by molar-refractivity contribution is 4.93. The Labute approximate surface area is 161 Å². The Kier molecular flexibility index (Phi) is 8.26. The molecule has 2 unspecified atom stereocenters. The van der Waals surface area contributed by atoms with Gasteiger partial charge in [-0.15, -0.1) is 0 Å². The Morgan fingerprint density at radius 3 is 1.32 bits per heavy atom. The molecule has 0 spiro atoms. The summed E-state index contributed by atoms with van der Waals surface area (Å²) in [6.07, 6.45) is -35.1. The summed E-state index contributed by atoms with van der Waals surface area (Å²) in [6.45, 7) is -0.0722. The predicted octanol–water partition coefficient (Wildman–Crippen LogP) is 5.86. The minimum Gasteiger partial charge on any atom is -0.273 e. The van der Waals surface area contributed by atoms with Crippen LogP contribution in [-0.4, -0.2) is 66.7 Å². The van der Waals surface area contributed by atoms with Gasteiger partial charge in [-0.05, 0) is 0 Å². The van der Waals surface area contributed by atoms with Gasteiger partial charge in [0.05, 0.1) is 0 Å². The van der Waals surface area contributed by atoms with Crippen molar-refractivity contribution in [1.29, 1.82) is 0 Å². The number of alkyl halides is 16. The minimum atomic E-state index is -7.70. The lowest BCUT2D eigenvalue weighted by Crippen LogP contribution is -2.66. The van der Waals surface area contributed by atoms with E-state index in [1.165, 1.54) is 4.74 Å². The molecule has 0 aliphatic heterocycles. The van der Waals surface area contributed by atoms with Gasteiger partial charge in [-0.3, -0.25) is 9.47 Å². The van der Waals surface area contributed by atoms with E-state index in [0.717, 1.165) is 13.8 Å². The molecule has 0 aliphatic rings. The lowest BCUT2D eigenvalue weighted by atomic mass is 10.2. The number of rotatable bonds is 10. The Hall–Kier alpha value is -1.24. The normalized spacial score (nSPS) is 18.3. The van der Waals surface area contributed by atoms with Crippen LogP contribution in [0.15, 0.2) is 0 Å². The first-order valence-corrected chi connectivity index (χ1v) is 7.46. The van der Waals surface area contributed by atoms with Crippen molar-refractivity contribution >= 4 is 0 Å². The number of halogens is 16. The van der Waals surface area contributed by atoms with Crippen LogP contribution in [0, 0.1) is 0 Å². The predicted molar refractivity (Wildman–Crippen MR) is 65.7 cm³/mol. The van der Waals surface area contributed by atoms with Gasteiger partial charge in [-0.2, -0.15) is 65.9 Å². The van der Waals surface area contributed by atoms with Crippen molar-refractivity contribution in [2.24, 2.45) is 0 Å². The molecule has 31 heavy (non-hydrogen) atoms. The zero-order valence-electron chi connectivity index (χ0n) is 14.8. The number of nitrogens with zero attached hydrogens (tertiary/aromatic N) is 1. The van der Waals surface area contributed by atoms with Crippen molar-refractivity contribution in [3.63, 3.8) is 0 Å². The van der Waals surface area contributed by atoms with Gasteiger partial charge in [-0.25, -0.2) is 9.29 Å². The van der Waals surface area contributed by atoms with E-state index < -0.39 is 61.8 Å². The zero-order valence-corrected chi connectivity index (χ0v) is 14.8. The van der Waals surface area contributed by atoms with Gasteiger partial charge in [0.2, 0.25) is 0 Å². The Balaban J connectivity index is 6.30. The van der Waals surface area contributed by atoms with Crippen LogP contribution in [0.5, 0.6) is 0 Å². The third-order valence-electron chi connectivity index (χ3n) is 3.44. The fourth-order valence-corrected chi connectivity index (χ4v) is 1.75. The van der Waals surface area contributed by atoms with Crippen molar-refractivity contribution in [2.45, 2.75) is 62.6 Å². The molecule has 0 aromatic carbocycles. The molecular weight excluding hydrogens is 494 g/mol. The molecule has 0 aromatic rings. The van der Waals surface area contributed by atoms with Gasteiger partial charge in [0, 0.05) is 13.1 Å². The van der Waals surface area contributed by atoms with Crippen molar-refractivity contribution in [1.82, 2.24) is 4.90 Å². The lowest BCUT2D eigenvalue weighted by molar-refractivity contribution is -0.542. The topological polar surface area (TPSA) is 21.7 Å². The standard InChI is InChI=1S/C12H11F16NO2/c1-3-29(4-2)6(14,15)5(13)30-12(27,28)8(18,10(22,23)24)31-11(25,26)7(16,17)9(19,20)21/h5H,3-4H2,1-2H3. The molecule has 0 amide bonds. The molecule has 188 valence electrons. The van der Waals surface area contributed by atoms with Crippen LogP contribution >= 0.6 is 0 Å². The maximum atomic E-state index is 13.8. The highest BCUT2D eigenvalue weighted by Crippen LogP contribution is 2.55. The quantitative estimate of drug-likeness (QED) is 0.274. The SMILES string of the molecule is CCN(CC)C(F)(F)C(F)OC(F)(F)C(F)(OC(F)(F)C(F)(F)C(F)(F)F)C(F)(F)F. The van der Waals surface area contributed by atoms with E-state index in [2.05, 4.69) is 4.74 Å². The summed E-state index contributed by atoms with van der Waals surface area (Å²) in [6, 6.07) is -5.27. The average molecular weight is 505 g/mol. The molecule has 0 saturated heterocycles. The van der Waals surface area contributed by atoms with E-state index >= 15 is 0 Å². The second-order valence-electron chi connectivity index (χ2n) is 5.49. The second kappa shape index (κ2) is 8.60. The number of likely N-dealkylation sites (N-methyl/N-ethyl adjacent to an activating group) is 1. The van der Waals surface area contributed by atoms with E-state index in [1.54, 1.807) is 0 Å². The van der Waals surface area contributed by atoms with Crippen LogP contribution in [0.4, 0.5) is 70.2 Å². The second-order valence-corrected chi connectivity index (χ2v) is 5.49. The first-order valence-electron chi connectivity index (χ1n) is 7.46. The monoisotopic (exact) mass is 505 g/mol. The van der Waals surface area contributed by atoms with Crippen LogP contribution in [-0.2, 0) is 9.47 Å². The highest BCUT2D eigenvalue weighted by atomic mass is 19.4.